The molecule has 27 heavy (non-hydrogen) atoms. The Kier molecular flexibility index (Phi) is 5.91. The number of carbonyl (C=O) groups excluding carboxylic acids is 1. The lowest BCUT2D eigenvalue weighted by atomic mass is 9.85. The van der Waals surface area contributed by atoms with Gasteiger partial charge in [0, 0.05) is 30.2 Å². The number of amides is 1. The number of hydrogen-bond donors (Lipinski definition) is 0. The van der Waals surface area contributed by atoms with E-state index in [4.69, 9.17) is 11.6 Å². The van der Waals surface area contributed by atoms with Gasteiger partial charge in [-0.15, -0.1) is 0 Å². The Bertz CT molecular complexity index is 658. The molecule has 1 spiro atoms. The SMILES string of the molecule is CC(OC(=O)N1CCC2(CCCN2Cc2ccc(Cl)cc2)CC1)C(F)(F)F. The van der Waals surface area contributed by atoms with Crippen LogP contribution < -0.4 is 0 Å². The molecule has 1 aromatic carbocycles. The zero-order valence-electron chi connectivity index (χ0n) is 15.3. The summed E-state index contributed by atoms with van der Waals surface area (Å²) in [6, 6.07) is 7.78. The fourth-order valence-corrected chi connectivity index (χ4v) is 4.14. The van der Waals surface area contributed by atoms with Crippen LogP contribution in [0.25, 0.3) is 0 Å². The summed E-state index contributed by atoms with van der Waals surface area (Å²) in [5.41, 5.74) is 1.19. The summed E-state index contributed by atoms with van der Waals surface area (Å²) in [5.74, 6) is 0. The van der Waals surface area contributed by atoms with Gasteiger partial charge < -0.3 is 9.64 Å². The molecule has 3 rings (SSSR count). The summed E-state index contributed by atoms with van der Waals surface area (Å²) in [5, 5.41) is 0.704. The number of halogens is 4. The van der Waals surface area contributed by atoms with E-state index in [2.05, 4.69) is 9.64 Å². The Hall–Kier alpha value is -1.47. The number of alkyl halides is 3. The molecule has 0 bridgehead atoms. The second kappa shape index (κ2) is 7.87. The smallest absolute Gasteiger partial charge is 0.425 e. The lowest BCUT2D eigenvalue weighted by Gasteiger charge is -2.45. The molecular formula is C19H24ClF3N2O2. The number of ether oxygens (including phenoxy) is 1. The highest BCUT2D eigenvalue weighted by Crippen LogP contribution is 2.39. The monoisotopic (exact) mass is 404 g/mol. The third-order valence-corrected chi connectivity index (χ3v) is 5.97. The topological polar surface area (TPSA) is 32.8 Å². The van der Waals surface area contributed by atoms with Gasteiger partial charge >= 0.3 is 12.3 Å². The normalized spacial score (nSPS) is 21.4. The van der Waals surface area contributed by atoms with Gasteiger partial charge in [0.1, 0.15) is 0 Å². The largest absolute Gasteiger partial charge is 0.437 e. The van der Waals surface area contributed by atoms with E-state index in [1.807, 2.05) is 24.3 Å². The first-order valence-electron chi connectivity index (χ1n) is 9.21. The first kappa shape index (κ1) is 20.3. The second-order valence-corrected chi connectivity index (χ2v) is 7.87. The van der Waals surface area contributed by atoms with Crippen molar-refractivity contribution >= 4 is 17.7 Å². The molecule has 0 aromatic heterocycles. The molecule has 0 aliphatic carbocycles. The molecule has 2 fully saturated rings. The number of carbonyl (C=O) groups is 1. The minimum Gasteiger partial charge on any atom is -0.437 e. The Morgan fingerprint density at radius 3 is 2.41 bits per heavy atom. The van der Waals surface area contributed by atoms with Crippen LogP contribution in [0.15, 0.2) is 24.3 Å². The molecule has 1 atom stereocenters. The van der Waals surface area contributed by atoms with Crippen molar-refractivity contribution in [2.75, 3.05) is 19.6 Å². The lowest BCUT2D eigenvalue weighted by Crippen LogP contribution is -2.53. The van der Waals surface area contributed by atoms with E-state index >= 15 is 0 Å². The van der Waals surface area contributed by atoms with E-state index in [-0.39, 0.29) is 5.54 Å². The minimum atomic E-state index is -4.53. The molecule has 2 saturated heterocycles. The van der Waals surface area contributed by atoms with Crippen LogP contribution in [0.1, 0.15) is 38.2 Å². The van der Waals surface area contributed by atoms with E-state index in [9.17, 15) is 18.0 Å². The lowest BCUT2D eigenvalue weighted by molar-refractivity contribution is -0.200. The second-order valence-electron chi connectivity index (χ2n) is 7.43. The van der Waals surface area contributed by atoms with Crippen LogP contribution in [0.4, 0.5) is 18.0 Å². The highest BCUT2D eigenvalue weighted by molar-refractivity contribution is 6.30. The molecule has 4 nitrogen and oxygen atoms in total. The average molecular weight is 405 g/mol. The maximum absolute atomic E-state index is 12.6. The highest BCUT2D eigenvalue weighted by Gasteiger charge is 2.45. The first-order chi connectivity index (χ1) is 12.7. The third-order valence-electron chi connectivity index (χ3n) is 5.72. The summed E-state index contributed by atoms with van der Waals surface area (Å²) in [6.45, 7) is 3.49. The zero-order chi connectivity index (χ0) is 19.7. The highest BCUT2D eigenvalue weighted by atomic mass is 35.5. The molecule has 0 N–H and O–H groups in total. The van der Waals surface area contributed by atoms with Crippen LogP contribution in [0.5, 0.6) is 0 Å². The maximum Gasteiger partial charge on any atom is 0.425 e. The number of benzene rings is 1. The number of piperidine rings is 1. The van der Waals surface area contributed by atoms with Crippen molar-refractivity contribution in [3.05, 3.63) is 34.9 Å². The van der Waals surface area contributed by atoms with Gasteiger partial charge in [-0.3, -0.25) is 4.90 Å². The summed E-state index contributed by atoms with van der Waals surface area (Å²) in [6.07, 6.45) is -3.88. The van der Waals surface area contributed by atoms with E-state index in [0.717, 1.165) is 45.7 Å². The summed E-state index contributed by atoms with van der Waals surface area (Å²) in [7, 11) is 0. The first-order valence-corrected chi connectivity index (χ1v) is 9.59. The van der Waals surface area contributed by atoms with Crippen molar-refractivity contribution in [1.29, 1.82) is 0 Å². The molecule has 1 unspecified atom stereocenters. The van der Waals surface area contributed by atoms with E-state index in [1.54, 1.807) is 0 Å². The molecule has 1 amide bonds. The molecule has 2 heterocycles. The van der Waals surface area contributed by atoms with Crippen LogP contribution in [0.2, 0.25) is 5.02 Å². The average Bonchev–Trinajstić information content (AvgIpc) is 2.98. The molecule has 2 aliphatic rings. The maximum atomic E-state index is 12.6. The van der Waals surface area contributed by atoms with Crippen LogP contribution in [-0.4, -0.2) is 53.3 Å². The Morgan fingerprint density at radius 2 is 1.81 bits per heavy atom. The predicted molar refractivity (Wildman–Crippen MR) is 96.6 cm³/mol. The van der Waals surface area contributed by atoms with Crippen molar-refractivity contribution in [3.63, 3.8) is 0 Å². The quantitative estimate of drug-likeness (QED) is 0.721. The summed E-state index contributed by atoms with van der Waals surface area (Å²) < 4.78 is 42.3. The van der Waals surface area contributed by atoms with Crippen LogP contribution in [0, 0.1) is 0 Å². The van der Waals surface area contributed by atoms with Crippen molar-refractivity contribution in [1.82, 2.24) is 9.80 Å². The number of rotatable bonds is 3. The standard InChI is InChI=1S/C19H24ClF3N2O2/c1-14(19(21,22)23)27-17(26)24-11-8-18(9-12-24)7-2-10-25(18)13-15-3-5-16(20)6-4-15/h3-6,14H,2,7-13H2,1H3. The molecule has 0 saturated carbocycles. The molecule has 2 aliphatic heterocycles. The molecule has 150 valence electrons. The number of likely N-dealkylation sites (tertiary alicyclic amines) is 2. The van der Waals surface area contributed by atoms with Crippen LogP contribution in [0.3, 0.4) is 0 Å². The van der Waals surface area contributed by atoms with Gasteiger partial charge in [0.15, 0.2) is 6.10 Å². The summed E-state index contributed by atoms with van der Waals surface area (Å²) >= 11 is 5.95. The van der Waals surface area contributed by atoms with Gasteiger partial charge in [0.05, 0.1) is 0 Å². The minimum absolute atomic E-state index is 0.00601. The van der Waals surface area contributed by atoms with Gasteiger partial charge in [0.25, 0.3) is 0 Å². The zero-order valence-corrected chi connectivity index (χ0v) is 16.0. The van der Waals surface area contributed by atoms with E-state index in [0.29, 0.717) is 18.1 Å². The van der Waals surface area contributed by atoms with E-state index < -0.39 is 18.4 Å². The molecule has 1 aromatic rings. The Labute approximate surface area is 162 Å². The van der Waals surface area contributed by atoms with Crippen LogP contribution >= 0.6 is 11.6 Å². The van der Waals surface area contributed by atoms with Crippen molar-refractivity contribution < 1.29 is 22.7 Å². The van der Waals surface area contributed by atoms with Gasteiger partial charge in [-0.1, -0.05) is 23.7 Å². The van der Waals surface area contributed by atoms with Gasteiger partial charge in [0.2, 0.25) is 0 Å². The number of nitrogens with zero attached hydrogens (tertiary/aromatic N) is 2. The van der Waals surface area contributed by atoms with Gasteiger partial charge in [-0.2, -0.15) is 13.2 Å². The Morgan fingerprint density at radius 1 is 1.19 bits per heavy atom. The van der Waals surface area contributed by atoms with Crippen molar-refractivity contribution in [2.45, 2.75) is 57.0 Å². The molecule has 8 heteroatoms. The van der Waals surface area contributed by atoms with Crippen LogP contribution in [-0.2, 0) is 11.3 Å². The van der Waals surface area contributed by atoms with E-state index in [1.165, 1.54) is 10.5 Å². The summed E-state index contributed by atoms with van der Waals surface area (Å²) in [4.78, 5) is 15.9. The molecular weight excluding hydrogens is 381 g/mol. The fourth-order valence-electron chi connectivity index (χ4n) is 4.02. The van der Waals surface area contributed by atoms with Gasteiger partial charge in [-0.25, -0.2) is 4.79 Å². The van der Waals surface area contributed by atoms with Gasteiger partial charge in [-0.05, 0) is 56.8 Å². The Balaban J connectivity index is 1.58. The fraction of sp³-hybridized carbons (Fsp3) is 0.632. The predicted octanol–water partition coefficient (Wildman–Crippen LogP) is 4.86. The molecule has 0 radical (unpaired) electrons. The third kappa shape index (κ3) is 4.69. The van der Waals surface area contributed by atoms with Crippen molar-refractivity contribution in [3.8, 4) is 0 Å². The van der Waals surface area contributed by atoms with Crippen molar-refractivity contribution in [2.24, 2.45) is 0 Å². The number of hydrogen-bond acceptors (Lipinski definition) is 3.